The van der Waals surface area contributed by atoms with Crippen LogP contribution in [0.15, 0.2) is 24.7 Å². The molecular weight excluding hydrogens is 312 g/mol. The van der Waals surface area contributed by atoms with E-state index in [-0.39, 0.29) is 5.41 Å². The third-order valence-electron chi connectivity index (χ3n) is 5.40. The molecule has 2 aliphatic heterocycles. The standard InChI is InChI=1S/C19H26N6/c1-13-7-20-12-21-18(13)25-10-14-8-24(9-15(14)11-25)17-6-5-16(22-23-17)19(2,3)4/h5-7,12,14-15H,8-11H2,1-4H3. The molecule has 0 aromatic carbocycles. The van der Waals surface area contributed by atoms with Gasteiger partial charge in [-0.05, 0) is 19.1 Å². The normalized spacial score (nSPS) is 23.2. The molecule has 2 aliphatic rings. The van der Waals surface area contributed by atoms with E-state index in [9.17, 15) is 0 Å². The van der Waals surface area contributed by atoms with Gasteiger partial charge in [0.25, 0.3) is 0 Å². The zero-order valence-electron chi connectivity index (χ0n) is 15.5. The van der Waals surface area contributed by atoms with E-state index < -0.39 is 0 Å². The van der Waals surface area contributed by atoms with Gasteiger partial charge in [0.2, 0.25) is 0 Å². The van der Waals surface area contributed by atoms with E-state index in [1.54, 1.807) is 6.33 Å². The minimum absolute atomic E-state index is 0.0446. The number of rotatable bonds is 2. The first-order valence-electron chi connectivity index (χ1n) is 9.02. The van der Waals surface area contributed by atoms with Crippen molar-refractivity contribution >= 4 is 11.6 Å². The number of hydrogen-bond acceptors (Lipinski definition) is 6. The highest BCUT2D eigenvalue weighted by Gasteiger charge is 2.41. The zero-order chi connectivity index (χ0) is 17.6. The van der Waals surface area contributed by atoms with E-state index in [2.05, 4.69) is 69.8 Å². The summed E-state index contributed by atoms with van der Waals surface area (Å²) in [6.45, 7) is 12.8. The van der Waals surface area contributed by atoms with Crippen LogP contribution in [-0.4, -0.2) is 46.3 Å². The third-order valence-corrected chi connectivity index (χ3v) is 5.40. The molecule has 0 radical (unpaired) electrons. The first-order valence-corrected chi connectivity index (χ1v) is 9.02. The minimum atomic E-state index is 0.0446. The molecule has 0 amide bonds. The fourth-order valence-corrected chi connectivity index (χ4v) is 3.97. The van der Waals surface area contributed by atoms with Crippen LogP contribution in [0.4, 0.5) is 11.6 Å². The first kappa shape index (κ1) is 16.2. The molecule has 25 heavy (non-hydrogen) atoms. The van der Waals surface area contributed by atoms with Crippen molar-refractivity contribution in [2.45, 2.75) is 33.1 Å². The molecule has 6 heteroatoms. The average molecular weight is 338 g/mol. The van der Waals surface area contributed by atoms with Gasteiger partial charge in [-0.3, -0.25) is 0 Å². The van der Waals surface area contributed by atoms with Crippen LogP contribution in [0.1, 0.15) is 32.0 Å². The summed E-state index contributed by atoms with van der Waals surface area (Å²) in [5, 5.41) is 8.93. The van der Waals surface area contributed by atoms with Gasteiger partial charge in [-0.2, -0.15) is 5.10 Å². The summed E-state index contributed by atoms with van der Waals surface area (Å²) in [6.07, 6.45) is 3.55. The van der Waals surface area contributed by atoms with Crippen LogP contribution in [0.25, 0.3) is 0 Å². The largest absolute Gasteiger partial charge is 0.356 e. The van der Waals surface area contributed by atoms with Gasteiger partial charge in [-0.1, -0.05) is 20.8 Å². The summed E-state index contributed by atoms with van der Waals surface area (Å²) >= 11 is 0. The molecule has 4 rings (SSSR count). The minimum Gasteiger partial charge on any atom is -0.356 e. The third kappa shape index (κ3) is 3.05. The molecule has 2 aromatic heterocycles. The lowest BCUT2D eigenvalue weighted by molar-refractivity contribution is 0.533. The van der Waals surface area contributed by atoms with Crippen LogP contribution in [0, 0.1) is 18.8 Å². The van der Waals surface area contributed by atoms with E-state index in [0.29, 0.717) is 11.8 Å². The molecule has 2 unspecified atom stereocenters. The second-order valence-electron chi connectivity index (χ2n) is 8.39. The van der Waals surface area contributed by atoms with Gasteiger partial charge in [0, 0.05) is 55.2 Å². The van der Waals surface area contributed by atoms with Crippen molar-refractivity contribution in [3.8, 4) is 0 Å². The number of aromatic nitrogens is 4. The van der Waals surface area contributed by atoms with Gasteiger partial charge in [-0.25, -0.2) is 9.97 Å². The van der Waals surface area contributed by atoms with Crippen molar-refractivity contribution in [2.75, 3.05) is 36.0 Å². The fourth-order valence-electron chi connectivity index (χ4n) is 3.97. The van der Waals surface area contributed by atoms with Crippen molar-refractivity contribution in [2.24, 2.45) is 11.8 Å². The predicted octanol–water partition coefficient (Wildman–Crippen LogP) is 2.45. The average Bonchev–Trinajstić information content (AvgIpc) is 3.13. The second-order valence-corrected chi connectivity index (χ2v) is 8.39. The van der Waals surface area contributed by atoms with Crippen LogP contribution in [0.2, 0.25) is 0 Å². The molecule has 0 N–H and O–H groups in total. The Labute approximate surface area is 149 Å². The first-order chi connectivity index (χ1) is 11.9. The highest BCUT2D eigenvalue weighted by Crippen LogP contribution is 2.35. The lowest BCUT2D eigenvalue weighted by Gasteiger charge is -2.24. The summed E-state index contributed by atoms with van der Waals surface area (Å²) < 4.78 is 0. The van der Waals surface area contributed by atoms with Gasteiger partial charge in [0.05, 0.1) is 5.69 Å². The van der Waals surface area contributed by atoms with E-state index in [1.807, 2.05) is 6.20 Å². The summed E-state index contributed by atoms with van der Waals surface area (Å²) in [5.41, 5.74) is 2.24. The molecule has 0 bridgehead atoms. The maximum Gasteiger partial charge on any atom is 0.151 e. The van der Waals surface area contributed by atoms with E-state index >= 15 is 0 Å². The van der Waals surface area contributed by atoms with Crippen molar-refractivity contribution in [1.82, 2.24) is 20.2 Å². The highest BCUT2D eigenvalue weighted by molar-refractivity contribution is 5.48. The Morgan fingerprint density at radius 1 is 0.960 bits per heavy atom. The molecule has 2 saturated heterocycles. The second kappa shape index (κ2) is 5.93. The van der Waals surface area contributed by atoms with Crippen LogP contribution in [-0.2, 0) is 5.41 Å². The van der Waals surface area contributed by atoms with Crippen molar-refractivity contribution < 1.29 is 0 Å². The molecule has 132 valence electrons. The maximum absolute atomic E-state index is 4.49. The maximum atomic E-state index is 4.49. The Kier molecular flexibility index (Phi) is 3.85. The van der Waals surface area contributed by atoms with Crippen molar-refractivity contribution in [3.63, 3.8) is 0 Å². The molecule has 4 heterocycles. The smallest absolute Gasteiger partial charge is 0.151 e. The number of nitrogens with zero attached hydrogens (tertiary/aromatic N) is 6. The number of hydrogen-bond donors (Lipinski definition) is 0. The SMILES string of the molecule is Cc1cncnc1N1CC2CN(c3ccc(C(C)(C)C)nn3)CC2C1. The Morgan fingerprint density at radius 3 is 2.20 bits per heavy atom. The Hall–Kier alpha value is -2.24. The summed E-state index contributed by atoms with van der Waals surface area (Å²) in [6, 6.07) is 4.24. The number of aryl methyl sites for hydroxylation is 1. The van der Waals surface area contributed by atoms with Crippen LogP contribution in [0.5, 0.6) is 0 Å². The monoisotopic (exact) mass is 338 g/mol. The molecule has 2 aromatic rings. The Bertz CT molecular complexity index is 737. The molecule has 2 atom stereocenters. The van der Waals surface area contributed by atoms with Gasteiger partial charge in [0.1, 0.15) is 12.1 Å². The Balaban J connectivity index is 1.44. The molecule has 6 nitrogen and oxygen atoms in total. The summed E-state index contributed by atoms with van der Waals surface area (Å²) in [4.78, 5) is 13.4. The van der Waals surface area contributed by atoms with Crippen LogP contribution in [0.3, 0.4) is 0 Å². The lowest BCUT2D eigenvalue weighted by atomic mass is 9.92. The fraction of sp³-hybridized carbons (Fsp3) is 0.579. The van der Waals surface area contributed by atoms with E-state index in [0.717, 1.165) is 49.1 Å². The van der Waals surface area contributed by atoms with Gasteiger partial charge in [-0.15, -0.1) is 5.10 Å². The van der Waals surface area contributed by atoms with Crippen LogP contribution < -0.4 is 9.80 Å². The van der Waals surface area contributed by atoms with E-state index in [1.165, 1.54) is 0 Å². The molecular formula is C19H26N6. The Morgan fingerprint density at radius 2 is 1.64 bits per heavy atom. The number of fused-ring (bicyclic) bond motifs is 1. The van der Waals surface area contributed by atoms with Crippen molar-refractivity contribution in [1.29, 1.82) is 0 Å². The predicted molar refractivity (Wildman–Crippen MR) is 98.9 cm³/mol. The van der Waals surface area contributed by atoms with Gasteiger partial charge >= 0.3 is 0 Å². The van der Waals surface area contributed by atoms with Crippen LogP contribution >= 0.6 is 0 Å². The lowest BCUT2D eigenvalue weighted by Crippen LogP contribution is -2.30. The van der Waals surface area contributed by atoms with Gasteiger partial charge in [0.15, 0.2) is 5.82 Å². The summed E-state index contributed by atoms with van der Waals surface area (Å²) in [5.74, 6) is 3.43. The van der Waals surface area contributed by atoms with Crippen molar-refractivity contribution in [3.05, 3.63) is 35.9 Å². The van der Waals surface area contributed by atoms with Gasteiger partial charge < -0.3 is 9.80 Å². The number of anilines is 2. The molecule has 0 aliphatic carbocycles. The zero-order valence-corrected chi connectivity index (χ0v) is 15.5. The summed E-state index contributed by atoms with van der Waals surface area (Å²) in [7, 11) is 0. The topological polar surface area (TPSA) is 58.0 Å². The molecule has 0 spiro atoms. The molecule has 0 saturated carbocycles. The van der Waals surface area contributed by atoms with E-state index in [4.69, 9.17) is 0 Å². The highest BCUT2D eigenvalue weighted by atomic mass is 15.3. The molecule has 2 fully saturated rings. The quantitative estimate of drug-likeness (QED) is 0.838.